The monoisotopic (exact) mass is 524 g/mol. The fourth-order valence-electron chi connectivity index (χ4n) is 4.16. The third-order valence-corrected chi connectivity index (χ3v) is 6.95. The summed E-state index contributed by atoms with van der Waals surface area (Å²) in [4.78, 5) is 31.9. The Kier molecular flexibility index (Phi) is 6.00. The largest absolute Gasteiger partial charge is 0.508 e. The summed E-state index contributed by atoms with van der Waals surface area (Å²) < 4.78 is 38.4. The third kappa shape index (κ3) is 4.02. The Labute approximate surface area is 212 Å². The maximum Gasteiger partial charge on any atom is 0.301 e. The van der Waals surface area contributed by atoms with Crippen LogP contribution < -0.4 is 14.4 Å². The lowest BCUT2D eigenvalue weighted by Gasteiger charge is -2.23. The van der Waals surface area contributed by atoms with Gasteiger partial charge in [0.2, 0.25) is 0 Å². The van der Waals surface area contributed by atoms with Crippen molar-refractivity contribution in [3.05, 3.63) is 82.9 Å². The minimum Gasteiger partial charge on any atom is -0.508 e. The Morgan fingerprint density at radius 3 is 2.32 bits per heavy atom. The lowest BCUT2D eigenvalue weighted by atomic mass is 9.95. The standard InChI is InChI=1S/C26H18F2N2O6S/c1-35-18-8-5-13(9-19(18)36-2)23(32)21-22(12-3-6-14(31)7-4-12)30(25(34)24(21)33)26-29-17-10-15(27)16(28)11-20(17)37-26/h3-11,22,31-32H,1-2H3/b23-21+. The predicted octanol–water partition coefficient (Wildman–Crippen LogP) is 4.92. The molecule has 1 fully saturated rings. The number of ether oxygens (including phenoxy) is 2. The van der Waals surface area contributed by atoms with Crippen molar-refractivity contribution >= 4 is 44.1 Å². The summed E-state index contributed by atoms with van der Waals surface area (Å²) >= 11 is 0.890. The molecule has 2 N–H and O–H groups in total. The van der Waals surface area contributed by atoms with Crippen LogP contribution in [-0.4, -0.2) is 41.1 Å². The number of carbonyl (C=O) groups excluding carboxylic acids is 2. The Hall–Kier alpha value is -4.51. The van der Waals surface area contributed by atoms with Crippen molar-refractivity contribution in [1.29, 1.82) is 0 Å². The van der Waals surface area contributed by atoms with Gasteiger partial charge < -0.3 is 19.7 Å². The summed E-state index contributed by atoms with van der Waals surface area (Å²) in [6.45, 7) is 0. The molecule has 37 heavy (non-hydrogen) atoms. The van der Waals surface area contributed by atoms with Crippen molar-refractivity contribution in [1.82, 2.24) is 4.98 Å². The average Bonchev–Trinajstić information content (AvgIpc) is 3.41. The second kappa shape index (κ2) is 9.17. The molecule has 0 aliphatic carbocycles. The highest BCUT2D eigenvalue weighted by Crippen LogP contribution is 2.45. The summed E-state index contributed by atoms with van der Waals surface area (Å²) in [5.74, 6) is -3.99. The molecule has 1 unspecified atom stereocenters. The highest BCUT2D eigenvalue weighted by atomic mass is 32.1. The van der Waals surface area contributed by atoms with Crippen LogP contribution in [0.2, 0.25) is 0 Å². The molecule has 1 atom stereocenters. The van der Waals surface area contributed by atoms with Gasteiger partial charge >= 0.3 is 5.91 Å². The van der Waals surface area contributed by atoms with Gasteiger partial charge in [0.25, 0.3) is 5.78 Å². The number of aromatic hydroxyl groups is 1. The number of phenols is 1. The molecule has 1 aromatic heterocycles. The van der Waals surface area contributed by atoms with Crippen molar-refractivity contribution < 1.29 is 38.1 Å². The number of amides is 1. The van der Waals surface area contributed by atoms with Gasteiger partial charge in [0.05, 0.1) is 36.1 Å². The van der Waals surface area contributed by atoms with E-state index in [9.17, 15) is 28.6 Å². The zero-order chi connectivity index (χ0) is 26.4. The number of thiazole rings is 1. The molecule has 4 aromatic rings. The van der Waals surface area contributed by atoms with Gasteiger partial charge in [-0.3, -0.25) is 14.5 Å². The number of Topliss-reactive ketones (excluding diaryl/α,β-unsaturated/α-hetero) is 1. The van der Waals surface area contributed by atoms with Crippen molar-refractivity contribution in [2.45, 2.75) is 6.04 Å². The number of anilines is 1. The molecule has 8 nitrogen and oxygen atoms in total. The second-order valence-electron chi connectivity index (χ2n) is 8.06. The maximum atomic E-state index is 13.8. The zero-order valence-electron chi connectivity index (χ0n) is 19.4. The molecule has 11 heteroatoms. The van der Waals surface area contributed by atoms with E-state index in [-0.39, 0.29) is 38.0 Å². The van der Waals surface area contributed by atoms with Crippen LogP contribution in [0.1, 0.15) is 17.2 Å². The fraction of sp³-hybridized carbons (Fsp3) is 0.115. The molecule has 0 saturated carbocycles. The van der Waals surface area contributed by atoms with Gasteiger partial charge in [-0.2, -0.15) is 0 Å². The van der Waals surface area contributed by atoms with Crippen LogP contribution in [0.25, 0.3) is 16.0 Å². The topological polar surface area (TPSA) is 109 Å². The lowest BCUT2D eigenvalue weighted by Crippen LogP contribution is -2.29. The summed E-state index contributed by atoms with van der Waals surface area (Å²) in [6.07, 6.45) is 0. The molecule has 0 bridgehead atoms. The van der Waals surface area contributed by atoms with Gasteiger partial charge in [-0.1, -0.05) is 23.5 Å². The molecule has 5 rings (SSSR count). The third-order valence-electron chi connectivity index (χ3n) is 5.94. The van der Waals surface area contributed by atoms with Crippen LogP contribution >= 0.6 is 11.3 Å². The summed E-state index contributed by atoms with van der Waals surface area (Å²) in [5.41, 5.74) is 0.438. The van der Waals surface area contributed by atoms with Gasteiger partial charge in [0.1, 0.15) is 11.5 Å². The molecule has 3 aromatic carbocycles. The molecule has 1 saturated heterocycles. The van der Waals surface area contributed by atoms with E-state index in [1.807, 2.05) is 0 Å². The molecular weight excluding hydrogens is 506 g/mol. The number of halogens is 2. The van der Waals surface area contributed by atoms with Crippen LogP contribution in [0.3, 0.4) is 0 Å². The number of nitrogens with zero attached hydrogens (tertiary/aromatic N) is 2. The number of aliphatic hydroxyl groups is 1. The van der Waals surface area contributed by atoms with E-state index in [2.05, 4.69) is 4.98 Å². The number of aliphatic hydroxyl groups excluding tert-OH is 1. The van der Waals surface area contributed by atoms with E-state index < -0.39 is 35.1 Å². The van der Waals surface area contributed by atoms with Crippen molar-refractivity contribution in [2.24, 2.45) is 0 Å². The first-order chi connectivity index (χ1) is 17.7. The summed E-state index contributed by atoms with van der Waals surface area (Å²) in [6, 6.07) is 10.9. The molecule has 188 valence electrons. The first kappa shape index (κ1) is 24.2. The number of phenolic OH excluding ortho intramolecular Hbond substituents is 1. The number of methoxy groups -OCH3 is 2. The molecule has 1 aliphatic rings. The number of hydrogen-bond donors (Lipinski definition) is 2. The first-order valence-corrected chi connectivity index (χ1v) is 11.6. The number of aromatic nitrogens is 1. The van der Waals surface area contributed by atoms with Crippen molar-refractivity contribution in [3.8, 4) is 17.2 Å². The Bertz CT molecular complexity index is 1560. The Morgan fingerprint density at radius 2 is 1.65 bits per heavy atom. The average molecular weight is 525 g/mol. The summed E-state index contributed by atoms with van der Waals surface area (Å²) in [5, 5.41) is 21.1. The van der Waals surface area contributed by atoms with E-state index in [1.54, 1.807) is 0 Å². The van der Waals surface area contributed by atoms with Crippen molar-refractivity contribution in [2.75, 3.05) is 19.1 Å². The zero-order valence-corrected chi connectivity index (χ0v) is 20.2. The van der Waals surface area contributed by atoms with E-state index in [0.29, 0.717) is 11.3 Å². The van der Waals surface area contributed by atoms with Gasteiger partial charge in [-0.15, -0.1) is 0 Å². The van der Waals surface area contributed by atoms with Gasteiger partial charge in [-0.05, 0) is 42.0 Å². The minimum atomic E-state index is -1.15. The number of carbonyl (C=O) groups is 2. The number of ketones is 1. The van der Waals surface area contributed by atoms with Crippen molar-refractivity contribution in [3.63, 3.8) is 0 Å². The minimum absolute atomic E-state index is 0.00605. The molecule has 0 radical (unpaired) electrons. The SMILES string of the molecule is COc1ccc(/C(O)=C2\C(=O)C(=O)N(c3nc4cc(F)c(F)cc4s3)C2c2ccc(O)cc2)cc1OC. The van der Waals surface area contributed by atoms with E-state index >= 15 is 0 Å². The fourth-order valence-corrected chi connectivity index (χ4v) is 5.15. The van der Waals surface area contributed by atoms with E-state index in [0.717, 1.165) is 28.4 Å². The smallest absolute Gasteiger partial charge is 0.301 e. The summed E-state index contributed by atoms with van der Waals surface area (Å²) in [7, 11) is 2.86. The Morgan fingerprint density at radius 1 is 0.973 bits per heavy atom. The number of fused-ring (bicyclic) bond motifs is 1. The molecular formula is C26H18F2N2O6S. The number of hydrogen-bond acceptors (Lipinski definition) is 8. The molecule has 1 amide bonds. The van der Waals surface area contributed by atoms with E-state index in [4.69, 9.17) is 9.47 Å². The molecule has 0 spiro atoms. The quantitative estimate of drug-likeness (QED) is 0.217. The van der Waals surface area contributed by atoms with Gasteiger partial charge in [0.15, 0.2) is 28.3 Å². The van der Waals surface area contributed by atoms with Gasteiger partial charge in [0, 0.05) is 11.6 Å². The number of rotatable bonds is 5. The Balaban J connectivity index is 1.72. The molecule has 1 aliphatic heterocycles. The highest BCUT2D eigenvalue weighted by Gasteiger charge is 2.48. The molecule has 2 heterocycles. The predicted molar refractivity (Wildman–Crippen MR) is 132 cm³/mol. The van der Waals surface area contributed by atoms with Crippen LogP contribution in [-0.2, 0) is 9.59 Å². The first-order valence-electron chi connectivity index (χ1n) is 10.8. The maximum absolute atomic E-state index is 13.8. The van der Waals surface area contributed by atoms with Gasteiger partial charge in [-0.25, -0.2) is 13.8 Å². The van der Waals surface area contributed by atoms with E-state index in [1.165, 1.54) is 56.7 Å². The van der Waals surface area contributed by atoms with Crippen LogP contribution in [0.15, 0.2) is 60.2 Å². The number of benzene rings is 3. The second-order valence-corrected chi connectivity index (χ2v) is 9.07. The van der Waals surface area contributed by atoms with Crippen LogP contribution in [0.4, 0.5) is 13.9 Å². The van der Waals surface area contributed by atoms with Crippen LogP contribution in [0.5, 0.6) is 17.2 Å². The normalized spacial score (nSPS) is 17.0. The lowest BCUT2D eigenvalue weighted by molar-refractivity contribution is -0.132. The van der Waals surface area contributed by atoms with Crippen LogP contribution in [0, 0.1) is 11.6 Å². The highest BCUT2D eigenvalue weighted by molar-refractivity contribution is 7.22.